The van der Waals surface area contributed by atoms with Crippen LogP contribution in [0.3, 0.4) is 0 Å². The molecule has 0 radical (unpaired) electrons. The first kappa shape index (κ1) is 11.0. The lowest BCUT2D eigenvalue weighted by Crippen LogP contribution is -2.04. The fourth-order valence-electron chi connectivity index (χ4n) is 2.08. The fourth-order valence-corrected chi connectivity index (χ4v) is 2.08. The Kier molecular flexibility index (Phi) is 2.61. The van der Waals surface area contributed by atoms with E-state index >= 15 is 0 Å². The van der Waals surface area contributed by atoms with Crippen molar-refractivity contribution in [3.63, 3.8) is 0 Å². The first-order valence-electron chi connectivity index (χ1n) is 6.03. The summed E-state index contributed by atoms with van der Waals surface area (Å²) in [4.78, 5) is 7.49. The summed E-state index contributed by atoms with van der Waals surface area (Å²) in [5.74, 6) is 0. The third-order valence-electron chi connectivity index (χ3n) is 3.17. The summed E-state index contributed by atoms with van der Waals surface area (Å²) in [6.45, 7) is 1.99. The lowest BCUT2D eigenvalue weighted by molar-refractivity contribution is 0.818. The molecule has 0 bridgehead atoms. The predicted molar refractivity (Wildman–Crippen MR) is 74.1 cm³/mol. The van der Waals surface area contributed by atoms with Gasteiger partial charge in [0.1, 0.15) is 5.65 Å². The van der Waals surface area contributed by atoms with Gasteiger partial charge in [0.2, 0.25) is 0 Å². The van der Waals surface area contributed by atoms with E-state index < -0.39 is 0 Å². The summed E-state index contributed by atoms with van der Waals surface area (Å²) in [5.41, 5.74) is 10.2. The second-order valence-electron chi connectivity index (χ2n) is 4.55. The Balaban J connectivity index is 2.02. The Bertz CT molecular complexity index is 666. The number of nitrogens with zero attached hydrogens (tertiary/aromatic N) is 1. The fraction of sp³-hybridized carbons (Fsp3) is 0.133. The molecule has 0 aliphatic carbocycles. The van der Waals surface area contributed by atoms with Crippen molar-refractivity contribution in [1.82, 2.24) is 9.97 Å². The minimum Gasteiger partial charge on any atom is -0.346 e. The van der Waals surface area contributed by atoms with Crippen LogP contribution >= 0.6 is 0 Å². The standard InChI is InChI=1S/C15H15N3/c1-10(16)11-2-4-12(5-3-11)14-8-13-6-7-17-15(13)18-9-14/h2-10H,16H2,1H3,(H,17,18)/t10-/m0/s1. The number of benzene rings is 1. The maximum Gasteiger partial charge on any atom is 0.137 e. The van der Waals surface area contributed by atoms with E-state index in [2.05, 4.69) is 40.3 Å². The van der Waals surface area contributed by atoms with E-state index in [-0.39, 0.29) is 6.04 Å². The molecule has 0 saturated heterocycles. The van der Waals surface area contributed by atoms with Crippen LogP contribution in [0.4, 0.5) is 0 Å². The molecule has 3 rings (SSSR count). The Morgan fingerprint density at radius 3 is 2.61 bits per heavy atom. The molecule has 1 atom stereocenters. The van der Waals surface area contributed by atoms with Gasteiger partial charge >= 0.3 is 0 Å². The van der Waals surface area contributed by atoms with Crippen LogP contribution in [0.5, 0.6) is 0 Å². The number of fused-ring (bicyclic) bond motifs is 1. The summed E-state index contributed by atoms with van der Waals surface area (Å²) < 4.78 is 0. The van der Waals surface area contributed by atoms with Crippen LogP contribution in [-0.4, -0.2) is 9.97 Å². The zero-order chi connectivity index (χ0) is 12.5. The van der Waals surface area contributed by atoms with Crippen LogP contribution in [0.15, 0.2) is 48.8 Å². The van der Waals surface area contributed by atoms with Crippen molar-refractivity contribution in [3.05, 3.63) is 54.4 Å². The van der Waals surface area contributed by atoms with Gasteiger partial charge in [0.15, 0.2) is 0 Å². The van der Waals surface area contributed by atoms with Crippen LogP contribution in [0.2, 0.25) is 0 Å². The molecular formula is C15H15N3. The minimum atomic E-state index is 0.0735. The van der Waals surface area contributed by atoms with E-state index in [1.807, 2.05) is 25.4 Å². The smallest absolute Gasteiger partial charge is 0.137 e. The molecule has 3 heteroatoms. The molecule has 3 aromatic rings. The van der Waals surface area contributed by atoms with E-state index in [1.165, 1.54) is 0 Å². The summed E-state index contributed by atoms with van der Waals surface area (Å²) in [6, 6.07) is 12.6. The number of nitrogens with one attached hydrogen (secondary N) is 1. The molecule has 0 spiro atoms. The summed E-state index contributed by atoms with van der Waals surface area (Å²) in [6.07, 6.45) is 3.79. The summed E-state index contributed by atoms with van der Waals surface area (Å²) in [5, 5.41) is 1.13. The van der Waals surface area contributed by atoms with Crippen LogP contribution < -0.4 is 5.73 Å². The Morgan fingerprint density at radius 1 is 1.11 bits per heavy atom. The first-order valence-corrected chi connectivity index (χ1v) is 6.03. The van der Waals surface area contributed by atoms with Crippen molar-refractivity contribution in [2.45, 2.75) is 13.0 Å². The quantitative estimate of drug-likeness (QED) is 0.718. The van der Waals surface area contributed by atoms with Gasteiger partial charge in [-0.25, -0.2) is 4.98 Å². The number of H-pyrrole nitrogens is 1. The number of nitrogens with two attached hydrogens (primary N) is 1. The van der Waals surface area contributed by atoms with Crippen molar-refractivity contribution in [2.24, 2.45) is 5.73 Å². The van der Waals surface area contributed by atoms with Gasteiger partial charge < -0.3 is 10.7 Å². The van der Waals surface area contributed by atoms with Crippen molar-refractivity contribution in [3.8, 4) is 11.1 Å². The highest BCUT2D eigenvalue weighted by Crippen LogP contribution is 2.23. The largest absolute Gasteiger partial charge is 0.346 e. The molecule has 0 unspecified atom stereocenters. The monoisotopic (exact) mass is 237 g/mol. The molecule has 2 aromatic heterocycles. The highest BCUT2D eigenvalue weighted by atomic mass is 14.8. The highest BCUT2D eigenvalue weighted by molar-refractivity contribution is 5.81. The van der Waals surface area contributed by atoms with Crippen LogP contribution in [0, 0.1) is 0 Å². The van der Waals surface area contributed by atoms with Gasteiger partial charge in [0.25, 0.3) is 0 Å². The predicted octanol–water partition coefficient (Wildman–Crippen LogP) is 3.25. The molecule has 0 amide bonds. The van der Waals surface area contributed by atoms with Crippen molar-refractivity contribution < 1.29 is 0 Å². The van der Waals surface area contributed by atoms with Crippen molar-refractivity contribution >= 4 is 11.0 Å². The van der Waals surface area contributed by atoms with Gasteiger partial charge in [-0.05, 0) is 30.2 Å². The number of hydrogen-bond acceptors (Lipinski definition) is 2. The molecule has 2 heterocycles. The van der Waals surface area contributed by atoms with E-state index in [4.69, 9.17) is 5.73 Å². The Morgan fingerprint density at radius 2 is 1.89 bits per heavy atom. The van der Waals surface area contributed by atoms with Crippen LogP contribution in [0.25, 0.3) is 22.2 Å². The zero-order valence-electron chi connectivity index (χ0n) is 10.2. The van der Waals surface area contributed by atoms with Crippen LogP contribution in [0.1, 0.15) is 18.5 Å². The molecule has 90 valence electrons. The van der Waals surface area contributed by atoms with Crippen molar-refractivity contribution in [1.29, 1.82) is 0 Å². The topological polar surface area (TPSA) is 54.7 Å². The lowest BCUT2D eigenvalue weighted by Gasteiger charge is -2.07. The molecule has 0 aliphatic rings. The van der Waals surface area contributed by atoms with Gasteiger partial charge in [0.05, 0.1) is 0 Å². The van der Waals surface area contributed by atoms with Gasteiger partial charge in [0, 0.05) is 29.4 Å². The number of pyridine rings is 1. The summed E-state index contributed by atoms with van der Waals surface area (Å²) >= 11 is 0. The van der Waals surface area contributed by atoms with E-state index in [0.717, 1.165) is 27.7 Å². The SMILES string of the molecule is C[C@H](N)c1ccc(-c2cnc3[nH]ccc3c2)cc1. The average molecular weight is 237 g/mol. The van der Waals surface area contributed by atoms with E-state index in [9.17, 15) is 0 Å². The van der Waals surface area contributed by atoms with E-state index in [0.29, 0.717) is 0 Å². The molecule has 0 saturated carbocycles. The van der Waals surface area contributed by atoms with Gasteiger partial charge in [-0.2, -0.15) is 0 Å². The third-order valence-corrected chi connectivity index (χ3v) is 3.17. The zero-order valence-corrected chi connectivity index (χ0v) is 10.2. The molecule has 18 heavy (non-hydrogen) atoms. The molecule has 0 aliphatic heterocycles. The summed E-state index contributed by atoms with van der Waals surface area (Å²) in [7, 11) is 0. The van der Waals surface area contributed by atoms with Crippen LogP contribution in [-0.2, 0) is 0 Å². The maximum absolute atomic E-state index is 5.85. The minimum absolute atomic E-state index is 0.0735. The average Bonchev–Trinajstić information content (AvgIpc) is 2.86. The molecule has 0 fully saturated rings. The number of aromatic nitrogens is 2. The van der Waals surface area contributed by atoms with Gasteiger partial charge in [-0.15, -0.1) is 0 Å². The lowest BCUT2D eigenvalue weighted by atomic mass is 10.0. The molecule has 3 N–H and O–H groups in total. The second kappa shape index (κ2) is 4.27. The van der Waals surface area contributed by atoms with Crippen molar-refractivity contribution in [2.75, 3.05) is 0 Å². The second-order valence-corrected chi connectivity index (χ2v) is 4.55. The normalized spacial score (nSPS) is 12.8. The third kappa shape index (κ3) is 1.89. The molecule has 1 aromatic carbocycles. The van der Waals surface area contributed by atoms with Gasteiger partial charge in [-0.3, -0.25) is 0 Å². The molecule has 3 nitrogen and oxygen atoms in total. The Hall–Kier alpha value is -2.13. The number of aromatic amines is 1. The Labute approximate surface area is 106 Å². The first-order chi connectivity index (χ1) is 8.74. The molecular weight excluding hydrogens is 222 g/mol. The number of hydrogen-bond donors (Lipinski definition) is 2. The maximum atomic E-state index is 5.85. The number of rotatable bonds is 2. The van der Waals surface area contributed by atoms with Gasteiger partial charge in [-0.1, -0.05) is 24.3 Å². The van der Waals surface area contributed by atoms with E-state index in [1.54, 1.807) is 0 Å². The highest BCUT2D eigenvalue weighted by Gasteiger charge is 2.03.